The molecule has 1 aromatic carbocycles. The molecular weight excluding hydrogens is 524 g/mol. The molecule has 0 bridgehead atoms. The highest BCUT2D eigenvalue weighted by atomic mass is 80.0. The fourth-order valence-corrected chi connectivity index (χ4v) is 6.86. The largest absolute Gasteiger partial charge is 0.493 e. The van der Waals surface area contributed by atoms with Crippen molar-refractivity contribution in [2.75, 3.05) is 6.61 Å². The Morgan fingerprint density at radius 1 is 1.16 bits per heavy atom. The minimum absolute atomic E-state index is 0.642. The highest BCUT2D eigenvalue weighted by molar-refractivity contribution is 9.72. The first kappa shape index (κ1) is 22.0. The summed E-state index contributed by atoms with van der Waals surface area (Å²) < 4.78 is 4.72. The van der Waals surface area contributed by atoms with Crippen LogP contribution in [0, 0.1) is 0 Å². The molecule has 1 aromatic rings. The molecule has 1 aliphatic rings. The Balaban J connectivity index is 2.10. The highest BCUT2D eigenvalue weighted by Gasteiger charge is 2.23. The molecule has 1 saturated carbocycles. The molecule has 0 aliphatic heterocycles. The summed E-state index contributed by atoms with van der Waals surface area (Å²) >= 11 is 11.1. The maximum absolute atomic E-state index is 6.24. The zero-order chi connectivity index (χ0) is 18.3. The standard InChI is InChI=1S/C20H31Br3OSi/c1-3-8-16(2)18-11-12-20(24-13-7-14-25(21,22)23)19(15-18)17-9-5-4-6-10-17/h11-12,15-17H,3-10,13-14H2,1-2H3. The molecule has 0 spiro atoms. The molecule has 142 valence electrons. The van der Waals surface area contributed by atoms with Gasteiger partial charge in [-0.1, -0.05) is 97.5 Å². The summed E-state index contributed by atoms with van der Waals surface area (Å²) in [5.74, 6) is 2.46. The monoisotopic (exact) mass is 552 g/mol. The van der Waals surface area contributed by atoms with E-state index in [1.54, 1.807) is 0 Å². The van der Waals surface area contributed by atoms with Crippen LogP contribution in [0.25, 0.3) is 0 Å². The molecule has 25 heavy (non-hydrogen) atoms. The van der Waals surface area contributed by atoms with E-state index in [9.17, 15) is 0 Å². The summed E-state index contributed by atoms with van der Waals surface area (Å²) in [5, 5.41) is 0. The number of hydrogen-bond acceptors (Lipinski definition) is 1. The first-order chi connectivity index (χ1) is 11.9. The molecule has 0 heterocycles. The van der Waals surface area contributed by atoms with E-state index in [0.29, 0.717) is 11.8 Å². The number of rotatable bonds is 9. The van der Waals surface area contributed by atoms with Crippen molar-refractivity contribution in [3.63, 3.8) is 0 Å². The van der Waals surface area contributed by atoms with E-state index >= 15 is 0 Å². The summed E-state index contributed by atoms with van der Waals surface area (Å²) in [6, 6.07) is 8.11. The topological polar surface area (TPSA) is 9.23 Å². The molecule has 0 amide bonds. The van der Waals surface area contributed by atoms with Gasteiger partial charge in [0.2, 0.25) is 0 Å². The molecule has 0 radical (unpaired) electrons. The van der Waals surface area contributed by atoms with Crippen LogP contribution in [0.3, 0.4) is 0 Å². The van der Waals surface area contributed by atoms with Gasteiger partial charge >= 0.3 is 0 Å². The second-order valence-electron chi connectivity index (χ2n) is 7.39. The second-order valence-corrected chi connectivity index (χ2v) is 30.9. The number of ether oxygens (including phenoxy) is 1. The highest BCUT2D eigenvalue weighted by Crippen LogP contribution is 2.39. The third kappa shape index (κ3) is 7.67. The minimum atomic E-state index is -1.52. The van der Waals surface area contributed by atoms with Crippen molar-refractivity contribution in [1.82, 2.24) is 0 Å². The lowest BCUT2D eigenvalue weighted by molar-refractivity contribution is 0.307. The van der Waals surface area contributed by atoms with Gasteiger partial charge < -0.3 is 4.74 Å². The minimum Gasteiger partial charge on any atom is -0.493 e. The summed E-state index contributed by atoms with van der Waals surface area (Å²) in [6.45, 7) is 5.42. The van der Waals surface area contributed by atoms with Gasteiger partial charge in [-0.15, -0.1) is 0 Å². The predicted octanol–water partition coefficient (Wildman–Crippen LogP) is 8.53. The van der Waals surface area contributed by atoms with Crippen molar-refractivity contribution in [3.8, 4) is 5.75 Å². The van der Waals surface area contributed by atoms with Crippen molar-refractivity contribution in [2.45, 2.75) is 83.1 Å². The zero-order valence-corrected chi connectivity index (χ0v) is 21.3. The normalized spacial score (nSPS) is 17.5. The van der Waals surface area contributed by atoms with E-state index < -0.39 is 3.93 Å². The fourth-order valence-electron chi connectivity index (χ4n) is 3.79. The maximum Gasteiger partial charge on any atom is 0.267 e. The van der Waals surface area contributed by atoms with Crippen molar-refractivity contribution in [1.29, 1.82) is 0 Å². The average Bonchev–Trinajstić information content (AvgIpc) is 2.59. The molecule has 1 unspecified atom stereocenters. The smallest absolute Gasteiger partial charge is 0.267 e. The van der Waals surface area contributed by atoms with Crippen LogP contribution in [0.4, 0.5) is 0 Å². The Morgan fingerprint density at radius 3 is 2.52 bits per heavy atom. The molecule has 1 atom stereocenters. The third-order valence-electron chi connectivity index (χ3n) is 5.23. The number of halogens is 3. The van der Waals surface area contributed by atoms with Gasteiger partial charge in [-0.05, 0) is 60.8 Å². The van der Waals surface area contributed by atoms with Gasteiger partial charge in [0.05, 0.1) is 6.61 Å². The molecule has 1 aliphatic carbocycles. The zero-order valence-electron chi connectivity index (χ0n) is 15.5. The molecule has 0 aromatic heterocycles. The molecule has 0 saturated heterocycles. The van der Waals surface area contributed by atoms with Gasteiger partial charge in [-0.25, -0.2) is 0 Å². The third-order valence-corrected chi connectivity index (χ3v) is 9.72. The van der Waals surface area contributed by atoms with Gasteiger partial charge in [0, 0.05) is 0 Å². The predicted molar refractivity (Wildman–Crippen MR) is 123 cm³/mol. The average molecular weight is 555 g/mol. The van der Waals surface area contributed by atoms with E-state index in [-0.39, 0.29) is 0 Å². The van der Waals surface area contributed by atoms with Crippen LogP contribution in [-0.4, -0.2) is 10.5 Å². The lowest BCUT2D eigenvalue weighted by atomic mass is 9.82. The van der Waals surface area contributed by atoms with Gasteiger partial charge in [-0.2, -0.15) is 0 Å². The quantitative estimate of drug-likeness (QED) is 0.169. The van der Waals surface area contributed by atoms with Crippen molar-refractivity contribution >= 4 is 49.8 Å². The fraction of sp³-hybridized carbons (Fsp3) is 0.700. The van der Waals surface area contributed by atoms with E-state index in [4.69, 9.17) is 4.74 Å². The van der Waals surface area contributed by atoms with Gasteiger partial charge in [-0.3, -0.25) is 0 Å². The SMILES string of the molecule is CCCC(C)c1ccc(OCCC[Si](Br)(Br)Br)c(C2CCCCC2)c1. The molecule has 1 nitrogen and oxygen atoms in total. The van der Waals surface area contributed by atoms with Gasteiger partial charge in [0.25, 0.3) is 3.93 Å². The Kier molecular flexibility index (Phi) is 9.55. The first-order valence-corrected chi connectivity index (χ1v) is 18.7. The van der Waals surface area contributed by atoms with Crippen molar-refractivity contribution < 1.29 is 4.74 Å². The van der Waals surface area contributed by atoms with Crippen LogP contribution < -0.4 is 4.74 Å². The van der Waals surface area contributed by atoms with Gasteiger partial charge in [0.15, 0.2) is 0 Å². The number of benzene rings is 1. The van der Waals surface area contributed by atoms with E-state index in [1.807, 2.05) is 0 Å². The van der Waals surface area contributed by atoms with Crippen LogP contribution in [0.2, 0.25) is 6.04 Å². The molecular formula is C20H31Br3OSi. The molecule has 0 N–H and O–H groups in total. The Morgan fingerprint density at radius 2 is 1.88 bits per heavy atom. The number of hydrogen-bond donors (Lipinski definition) is 0. The van der Waals surface area contributed by atoms with Crippen LogP contribution in [-0.2, 0) is 0 Å². The summed E-state index contributed by atoms with van der Waals surface area (Å²) in [4.78, 5) is 0. The van der Waals surface area contributed by atoms with Crippen LogP contribution in [0.5, 0.6) is 5.75 Å². The van der Waals surface area contributed by atoms with Crippen molar-refractivity contribution in [3.05, 3.63) is 29.3 Å². The van der Waals surface area contributed by atoms with E-state index in [1.165, 1.54) is 56.1 Å². The summed E-state index contributed by atoms with van der Waals surface area (Å²) in [5.41, 5.74) is 2.96. The van der Waals surface area contributed by atoms with Crippen LogP contribution >= 0.6 is 45.9 Å². The van der Waals surface area contributed by atoms with E-state index in [2.05, 4.69) is 77.9 Å². The Bertz CT molecular complexity index is 524. The molecule has 5 heteroatoms. The van der Waals surface area contributed by atoms with Crippen molar-refractivity contribution in [2.24, 2.45) is 0 Å². The summed E-state index contributed by atoms with van der Waals surface area (Å²) in [7, 11) is 0. The van der Waals surface area contributed by atoms with Gasteiger partial charge in [0.1, 0.15) is 5.75 Å². The van der Waals surface area contributed by atoms with Crippen LogP contribution in [0.1, 0.15) is 88.2 Å². The lowest BCUT2D eigenvalue weighted by Crippen LogP contribution is -2.11. The second kappa shape index (κ2) is 10.9. The first-order valence-electron chi connectivity index (χ1n) is 9.74. The van der Waals surface area contributed by atoms with E-state index in [0.717, 1.165) is 24.8 Å². The molecule has 1 fully saturated rings. The summed E-state index contributed by atoms with van der Waals surface area (Å²) in [6.07, 6.45) is 10.3. The Labute approximate surface area is 178 Å². The molecule has 2 rings (SSSR count). The Hall–Kier alpha value is 0.677. The maximum atomic E-state index is 6.24. The lowest BCUT2D eigenvalue weighted by Gasteiger charge is -2.26. The van der Waals surface area contributed by atoms with Crippen LogP contribution in [0.15, 0.2) is 18.2 Å².